The van der Waals surface area contributed by atoms with Crippen LogP contribution in [0, 0.1) is 28.6 Å². The van der Waals surface area contributed by atoms with Gasteiger partial charge < -0.3 is 9.47 Å². The monoisotopic (exact) mass is 386 g/mol. The normalized spacial score (nSPS) is 49.7. The predicted octanol–water partition coefficient (Wildman–Crippen LogP) is 4.96. The highest BCUT2D eigenvalue weighted by atomic mass is 16.6. The Morgan fingerprint density at radius 1 is 1.04 bits per heavy atom. The molecule has 1 saturated heterocycles. The second-order valence-corrected chi connectivity index (χ2v) is 10.7. The molecule has 0 aromatic heterocycles. The lowest BCUT2D eigenvalue weighted by Crippen LogP contribution is -2.54. The molecule has 0 radical (unpaired) electrons. The van der Waals surface area contributed by atoms with Crippen LogP contribution in [-0.2, 0) is 19.1 Å². The predicted molar refractivity (Wildman–Crippen MR) is 105 cm³/mol. The van der Waals surface area contributed by atoms with Gasteiger partial charge in [0.05, 0.1) is 0 Å². The number of hydrogen-bond acceptors (Lipinski definition) is 4. The fraction of sp³-hybridized carbons (Fsp3) is 0.833. The van der Waals surface area contributed by atoms with E-state index >= 15 is 0 Å². The fourth-order valence-electron chi connectivity index (χ4n) is 8.30. The Hall–Kier alpha value is -1.32. The van der Waals surface area contributed by atoms with Gasteiger partial charge in [0.25, 0.3) is 0 Å². The Bertz CT molecular complexity index is 741. The summed E-state index contributed by atoms with van der Waals surface area (Å²) < 4.78 is 11.6. The van der Waals surface area contributed by atoms with Crippen LogP contribution in [0.2, 0.25) is 0 Å². The van der Waals surface area contributed by atoms with Crippen LogP contribution in [0.25, 0.3) is 0 Å². The molecule has 4 nitrogen and oxygen atoms in total. The molecule has 1 heterocycles. The largest absolute Gasteiger partial charge is 0.458 e. The van der Waals surface area contributed by atoms with Crippen LogP contribution >= 0.6 is 0 Å². The Labute approximate surface area is 168 Å². The molecule has 0 amide bonds. The molecular weight excluding hydrogens is 352 g/mol. The highest BCUT2D eigenvalue weighted by molar-refractivity contribution is 5.72. The van der Waals surface area contributed by atoms with Crippen molar-refractivity contribution in [3.05, 3.63) is 11.6 Å². The summed E-state index contributed by atoms with van der Waals surface area (Å²) in [6.07, 6.45) is 13.0. The van der Waals surface area contributed by atoms with E-state index in [1.54, 1.807) is 0 Å². The average molecular weight is 387 g/mol. The second-order valence-electron chi connectivity index (χ2n) is 10.7. The molecule has 0 aromatic rings. The van der Waals surface area contributed by atoms with Crippen LogP contribution in [0.1, 0.15) is 85.0 Å². The minimum Gasteiger partial charge on any atom is -0.458 e. The highest BCUT2D eigenvalue weighted by Crippen LogP contribution is 2.69. The molecule has 5 aliphatic rings. The summed E-state index contributed by atoms with van der Waals surface area (Å²) in [7, 11) is 0. The van der Waals surface area contributed by atoms with Gasteiger partial charge in [-0.15, -0.1) is 0 Å². The summed E-state index contributed by atoms with van der Waals surface area (Å²) in [6, 6.07) is 0. The van der Waals surface area contributed by atoms with Gasteiger partial charge in [-0.2, -0.15) is 0 Å². The van der Waals surface area contributed by atoms with Gasteiger partial charge in [-0.1, -0.05) is 19.4 Å². The van der Waals surface area contributed by atoms with Crippen molar-refractivity contribution in [1.82, 2.24) is 0 Å². The number of fused-ring (bicyclic) bond motifs is 6. The van der Waals surface area contributed by atoms with Crippen molar-refractivity contribution < 1.29 is 19.1 Å². The molecule has 0 N–H and O–H groups in total. The van der Waals surface area contributed by atoms with E-state index in [1.807, 2.05) is 0 Å². The molecule has 1 aliphatic heterocycles. The number of carbonyl (C=O) groups excluding carboxylic acids is 2. The smallest absolute Gasteiger partial charge is 0.306 e. The van der Waals surface area contributed by atoms with Crippen molar-refractivity contribution in [3.8, 4) is 0 Å². The summed E-state index contributed by atoms with van der Waals surface area (Å²) in [5.74, 6) is 1.99. The van der Waals surface area contributed by atoms with E-state index in [0.29, 0.717) is 12.3 Å². The van der Waals surface area contributed by atoms with E-state index in [2.05, 4.69) is 19.9 Å². The Morgan fingerprint density at radius 3 is 2.54 bits per heavy atom. The van der Waals surface area contributed by atoms with Crippen molar-refractivity contribution in [3.63, 3.8) is 0 Å². The molecule has 4 heteroatoms. The molecule has 7 atom stereocenters. The molecule has 28 heavy (non-hydrogen) atoms. The number of carbonyl (C=O) groups is 2. The van der Waals surface area contributed by atoms with Gasteiger partial charge in [-0.3, -0.25) is 9.59 Å². The summed E-state index contributed by atoms with van der Waals surface area (Å²) >= 11 is 0. The first-order chi connectivity index (χ1) is 13.3. The number of allylic oxidation sites excluding steroid dienone is 1. The molecule has 3 saturated carbocycles. The van der Waals surface area contributed by atoms with Crippen molar-refractivity contribution in [2.24, 2.45) is 28.6 Å². The molecule has 154 valence electrons. The van der Waals surface area contributed by atoms with Crippen LogP contribution in [0.5, 0.6) is 0 Å². The first kappa shape index (κ1) is 18.7. The van der Waals surface area contributed by atoms with Crippen LogP contribution in [0.4, 0.5) is 0 Å². The third kappa shape index (κ3) is 2.42. The fourth-order valence-corrected chi connectivity index (χ4v) is 8.30. The molecule has 0 aromatic carbocycles. The summed E-state index contributed by atoms with van der Waals surface area (Å²) in [4.78, 5) is 23.4. The van der Waals surface area contributed by atoms with Gasteiger partial charge in [-0.25, -0.2) is 0 Å². The Morgan fingerprint density at radius 2 is 1.82 bits per heavy atom. The average Bonchev–Trinajstić information content (AvgIpc) is 3.16. The van der Waals surface area contributed by atoms with E-state index in [-0.39, 0.29) is 34.5 Å². The lowest BCUT2D eigenvalue weighted by molar-refractivity contribution is -0.168. The number of rotatable bonds is 1. The molecule has 0 bridgehead atoms. The van der Waals surface area contributed by atoms with Crippen LogP contribution in [-0.4, -0.2) is 23.6 Å². The van der Waals surface area contributed by atoms with E-state index < -0.39 is 0 Å². The van der Waals surface area contributed by atoms with Gasteiger partial charge >= 0.3 is 11.9 Å². The molecule has 4 fully saturated rings. The Balaban J connectivity index is 1.42. The first-order valence-electron chi connectivity index (χ1n) is 11.4. The molecule has 5 rings (SSSR count). The SMILES string of the molecule is CC(=O)O[C@@H]1C=C2CC[C@@H]3[C@H](CC[C@@]4(C)[C@H]3CC[C@@]43CCC(=O)O3)[C@@]2(C)CC1. The van der Waals surface area contributed by atoms with Crippen LogP contribution < -0.4 is 0 Å². The summed E-state index contributed by atoms with van der Waals surface area (Å²) in [6.45, 7) is 6.42. The lowest BCUT2D eigenvalue weighted by atomic mass is 9.46. The zero-order chi connectivity index (χ0) is 19.7. The Kier molecular flexibility index (Phi) is 4.07. The van der Waals surface area contributed by atoms with Crippen LogP contribution in [0.3, 0.4) is 0 Å². The molecule has 1 spiro atoms. The van der Waals surface area contributed by atoms with Gasteiger partial charge in [0.15, 0.2) is 0 Å². The van der Waals surface area contributed by atoms with E-state index in [0.717, 1.165) is 43.9 Å². The first-order valence-corrected chi connectivity index (χ1v) is 11.4. The zero-order valence-electron chi connectivity index (χ0n) is 17.6. The zero-order valence-corrected chi connectivity index (χ0v) is 17.6. The standard InChI is InChI=1S/C24H34O4/c1-15(25)27-17-6-10-22(2)16(14-17)4-5-18-19(22)7-11-23(3)20(18)8-12-24(23)13-9-21(26)28-24/h14,17-20H,4-13H2,1-3H3/t17-,18+,19-,20-,22-,23-,24+/m0/s1. The lowest BCUT2D eigenvalue weighted by Gasteiger charge is -2.59. The topological polar surface area (TPSA) is 52.6 Å². The second kappa shape index (κ2) is 6.09. The van der Waals surface area contributed by atoms with Crippen molar-refractivity contribution in [2.45, 2.75) is 96.7 Å². The molecule has 4 aliphatic carbocycles. The quantitative estimate of drug-likeness (QED) is 0.472. The maximum Gasteiger partial charge on any atom is 0.306 e. The highest BCUT2D eigenvalue weighted by Gasteiger charge is 2.67. The van der Waals surface area contributed by atoms with Gasteiger partial charge in [0, 0.05) is 18.8 Å². The van der Waals surface area contributed by atoms with Gasteiger partial charge in [0.2, 0.25) is 0 Å². The summed E-state index contributed by atoms with van der Waals surface area (Å²) in [5, 5.41) is 0. The van der Waals surface area contributed by atoms with Gasteiger partial charge in [0.1, 0.15) is 11.7 Å². The van der Waals surface area contributed by atoms with Crippen molar-refractivity contribution >= 4 is 11.9 Å². The van der Waals surface area contributed by atoms with E-state index in [1.165, 1.54) is 38.2 Å². The number of hydrogen-bond donors (Lipinski definition) is 0. The number of esters is 2. The third-order valence-corrected chi connectivity index (χ3v) is 9.72. The van der Waals surface area contributed by atoms with E-state index in [9.17, 15) is 9.59 Å². The molecular formula is C24H34O4. The third-order valence-electron chi connectivity index (χ3n) is 9.72. The van der Waals surface area contributed by atoms with Crippen molar-refractivity contribution in [1.29, 1.82) is 0 Å². The number of ether oxygens (including phenoxy) is 2. The van der Waals surface area contributed by atoms with E-state index in [4.69, 9.17) is 9.47 Å². The van der Waals surface area contributed by atoms with Crippen LogP contribution in [0.15, 0.2) is 11.6 Å². The van der Waals surface area contributed by atoms with Gasteiger partial charge in [-0.05, 0) is 87.0 Å². The maximum atomic E-state index is 12.0. The maximum absolute atomic E-state index is 12.0. The molecule has 0 unspecified atom stereocenters. The summed E-state index contributed by atoms with van der Waals surface area (Å²) in [5.41, 5.74) is 1.77. The minimum absolute atomic E-state index is 0.0219. The minimum atomic E-state index is -0.177. The van der Waals surface area contributed by atoms with Crippen molar-refractivity contribution in [2.75, 3.05) is 0 Å².